The summed E-state index contributed by atoms with van der Waals surface area (Å²) in [6.07, 6.45) is 8.24. The summed E-state index contributed by atoms with van der Waals surface area (Å²) in [5.74, 6) is -0.626. The van der Waals surface area contributed by atoms with Gasteiger partial charge in [0.15, 0.2) is 0 Å². The molecule has 174 valence electrons. The van der Waals surface area contributed by atoms with E-state index in [1.165, 1.54) is 16.2 Å². The Morgan fingerprint density at radius 3 is 2.82 bits per heavy atom. The lowest BCUT2D eigenvalue weighted by Gasteiger charge is -2.13. The van der Waals surface area contributed by atoms with Crippen molar-refractivity contribution < 1.29 is 14.3 Å². The number of pyridine rings is 1. The Balaban J connectivity index is 1.55. The van der Waals surface area contributed by atoms with Gasteiger partial charge in [-0.05, 0) is 49.8 Å². The molecular formula is C26H26N4O3S. The van der Waals surface area contributed by atoms with E-state index in [4.69, 9.17) is 9.72 Å². The molecule has 0 saturated carbocycles. The highest BCUT2D eigenvalue weighted by atomic mass is 32.1. The van der Waals surface area contributed by atoms with E-state index in [0.29, 0.717) is 28.4 Å². The van der Waals surface area contributed by atoms with Crippen LogP contribution in [0, 0.1) is 0 Å². The van der Waals surface area contributed by atoms with Crippen LogP contribution in [-0.4, -0.2) is 33.2 Å². The van der Waals surface area contributed by atoms with Crippen LogP contribution in [0.15, 0.2) is 42.7 Å². The van der Waals surface area contributed by atoms with Gasteiger partial charge in [0.05, 0.1) is 35.1 Å². The molecule has 8 heteroatoms. The van der Waals surface area contributed by atoms with Crippen molar-refractivity contribution in [3.63, 3.8) is 0 Å². The smallest absolute Gasteiger partial charge is 0.341 e. The Morgan fingerprint density at radius 2 is 2.03 bits per heavy atom. The second kappa shape index (κ2) is 9.38. The Kier molecular flexibility index (Phi) is 6.15. The van der Waals surface area contributed by atoms with Crippen molar-refractivity contribution >= 4 is 39.1 Å². The number of nitrogens with one attached hydrogen (secondary N) is 1. The van der Waals surface area contributed by atoms with Crippen molar-refractivity contribution in [1.82, 2.24) is 14.8 Å². The number of carbonyl (C=O) groups excluding carboxylic acids is 2. The van der Waals surface area contributed by atoms with Crippen LogP contribution in [0.5, 0.6) is 0 Å². The number of para-hydroxylation sites is 1. The molecule has 0 spiro atoms. The Bertz CT molecular complexity index is 1390. The van der Waals surface area contributed by atoms with Gasteiger partial charge in [-0.3, -0.25) is 9.48 Å². The number of hydrogen-bond donors (Lipinski definition) is 1. The van der Waals surface area contributed by atoms with E-state index in [0.717, 1.165) is 54.1 Å². The normalized spacial score (nSPS) is 13.0. The van der Waals surface area contributed by atoms with Gasteiger partial charge in [0.2, 0.25) is 0 Å². The van der Waals surface area contributed by atoms with Crippen LogP contribution >= 0.6 is 11.3 Å². The fourth-order valence-electron chi connectivity index (χ4n) is 4.37. The molecular weight excluding hydrogens is 448 g/mol. The molecule has 0 fully saturated rings. The fraction of sp³-hybridized carbons (Fsp3) is 0.308. The molecule has 3 aromatic heterocycles. The Labute approximate surface area is 201 Å². The first-order chi connectivity index (χ1) is 16.5. The van der Waals surface area contributed by atoms with Gasteiger partial charge in [0.25, 0.3) is 5.91 Å². The van der Waals surface area contributed by atoms with Gasteiger partial charge in [-0.1, -0.05) is 25.1 Å². The SMILES string of the molecule is CCCOC(=O)c1c(NC(=O)c2cc(-c3cnn(C)c3)nc3ccccc23)sc2c1CCCC2. The van der Waals surface area contributed by atoms with E-state index in [1.807, 2.05) is 44.4 Å². The lowest BCUT2D eigenvalue weighted by Crippen LogP contribution is -2.16. The molecule has 1 aliphatic rings. The first-order valence-corrected chi connectivity index (χ1v) is 12.4. The largest absolute Gasteiger partial charge is 0.462 e. The standard InChI is InChI=1S/C26H26N4O3S/c1-3-12-33-26(32)23-18-9-5-7-11-22(18)34-25(23)29-24(31)19-13-21(16-14-27-30(2)15-16)28-20-10-6-4-8-17(19)20/h4,6,8,10,13-15H,3,5,7,9,11-12H2,1-2H3,(H,29,31). The van der Waals surface area contributed by atoms with Crippen LogP contribution in [0.2, 0.25) is 0 Å². The number of nitrogens with zero attached hydrogens (tertiary/aromatic N) is 3. The summed E-state index contributed by atoms with van der Waals surface area (Å²) in [7, 11) is 1.84. The number of esters is 1. The van der Waals surface area contributed by atoms with Crippen LogP contribution in [0.3, 0.4) is 0 Å². The van der Waals surface area contributed by atoms with Gasteiger partial charge >= 0.3 is 5.97 Å². The van der Waals surface area contributed by atoms with E-state index < -0.39 is 0 Å². The molecule has 3 heterocycles. The predicted octanol–water partition coefficient (Wildman–Crippen LogP) is 5.39. The molecule has 7 nitrogen and oxygen atoms in total. The Morgan fingerprint density at radius 1 is 1.21 bits per heavy atom. The zero-order chi connectivity index (χ0) is 23.7. The van der Waals surface area contributed by atoms with Crippen LogP contribution < -0.4 is 5.32 Å². The number of ether oxygens (including phenoxy) is 1. The average Bonchev–Trinajstić information content (AvgIpc) is 3.45. The molecule has 1 aliphatic carbocycles. The van der Waals surface area contributed by atoms with E-state index >= 15 is 0 Å². The van der Waals surface area contributed by atoms with Crippen molar-refractivity contribution in [3.05, 3.63) is 64.3 Å². The fourth-order valence-corrected chi connectivity index (χ4v) is 5.64. The zero-order valence-electron chi connectivity index (χ0n) is 19.3. The number of benzene rings is 1. The molecule has 0 atom stereocenters. The summed E-state index contributed by atoms with van der Waals surface area (Å²) in [5, 5.41) is 8.61. The topological polar surface area (TPSA) is 86.1 Å². The molecule has 0 aliphatic heterocycles. The highest BCUT2D eigenvalue weighted by Gasteiger charge is 2.28. The number of rotatable bonds is 6. The number of carbonyl (C=O) groups is 2. The number of aryl methyl sites for hydroxylation is 2. The van der Waals surface area contributed by atoms with Gasteiger partial charge in [-0.15, -0.1) is 11.3 Å². The van der Waals surface area contributed by atoms with Crippen LogP contribution in [-0.2, 0) is 24.6 Å². The van der Waals surface area contributed by atoms with Crippen molar-refractivity contribution in [3.8, 4) is 11.3 Å². The van der Waals surface area contributed by atoms with Gasteiger partial charge in [-0.2, -0.15) is 5.10 Å². The molecule has 1 N–H and O–H groups in total. The van der Waals surface area contributed by atoms with Crippen molar-refractivity contribution in [2.75, 3.05) is 11.9 Å². The van der Waals surface area contributed by atoms with Crippen LogP contribution in [0.25, 0.3) is 22.2 Å². The summed E-state index contributed by atoms with van der Waals surface area (Å²) >= 11 is 1.49. The zero-order valence-corrected chi connectivity index (χ0v) is 20.1. The van der Waals surface area contributed by atoms with E-state index in [1.54, 1.807) is 16.9 Å². The molecule has 0 unspecified atom stereocenters. The first-order valence-electron chi connectivity index (χ1n) is 11.6. The quantitative estimate of drug-likeness (QED) is 0.379. The third kappa shape index (κ3) is 4.21. The van der Waals surface area contributed by atoms with Crippen LogP contribution in [0.4, 0.5) is 5.00 Å². The number of fused-ring (bicyclic) bond motifs is 2. The summed E-state index contributed by atoms with van der Waals surface area (Å²) in [4.78, 5) is 32.5. The van der Waals surface area contributed by atoms with E-state index in [-0.39, 0.29) is 11.9 Å². The molecule has 5 rings (SSSR count). The summed E-state index contributed by atoms with van der Waals surface area (Å²) < 4.78 is 7.18. The molecule has 4 aromatic rings. The monoisotopic (exact) mass is 474 g/mol. The van der Waals surface area contributed by atoms with Crippen molar-refractivity contribution in [2.45, 2.75) is 39.0 Å². The molecule has 34 heavy (non-hydrogen) atoms. The summed E-state index contributed by atoms with van der Waals surface area (Å²) in [6.45, 7) is 2.33. The maximum Gasteiger partial charge on any atom is 0.341 e. The molecule has 0 radical (unpaired) electrons. The summed E-state index contributed by atoms with van der Waals surface area (Å²) in [5.41, 5.74) is 4.28. The number of anilines is 1. The predicted molar refractivity (Wildman–Crippen MR) is 133 cm³/mol. The molecule has 0 saturated heterocycles. The minimum atomic E-state index is -0.354. The van der Waals surface area contributed by atoms with E-state index in [2.05, 4.69) is 10.4 Å². The van der Waals surface area contributed by atoms with Gasteiger partial charge in [-0.25, -0.2) is 9.78 Å². The van der Waals surface area contributed by atoms with Gasteiger partial charge in [0, 0.05) is 29.1 Å². The molecule has 0 bridgehead atoms. The lowest BCUT2D eigenvalue weighted by atomic mass is 9.95. The highest BCUT2D eigenvalue weighted by molar-refractivity contribution is 7.17. The highest BCUT2D eigenvalue weighted by Crippen LogP contribution is 2.39. The third-order valence-corrected chi connectivity index (χ3v) is 7.21. The van der Waals surface area contributed by atoms with Crippen molar-refractivity contribution in [1.29, 1.82) is 0 Å². The second-order valence-corrected chi connectivity index (χ2v) is 9.59. The number of amides is 1. The minimum Gasteiger partial charge on any atom is -0.462 e. The molecule has 1 aromatic carbocycles. The summed E-state index contributed by atoms with van der Waals surface area (Å²) in [6, 6.07) is 9.36. The van der Waals surface area contributed by atoms with Crippen LogP contribution in [0.1, 0.15) is 57.3 Å². The van der Waals surface area contributed by atoms with Gasteiger partial charge in [0.1, 0.15) is 5.00 Å². The second-order valence-electron chi connectivity index (χ2n) is 8.48. The lowest BCUT2D eigenvalue weighted by molar-refractivity contribution is 0.0505. The number of thiophene rings is 1. The maximum absolute atomic E-state index is 13.6. The van der Waals surface area contributed by atoms with E-state index in [9.17, 15) is 9.59 Å². The minimum absolute atomic E-state index is 0.271. The van der Waals surface area contributed by atoms with Crippen molar-refractivity contribution in [2.24, 2.45) is 7.05 Å². The first kappa shape index (κ1) is 22.3. The Hall–Kier alpha value is -3.52. The number of aromatic nitrogens is 3. The average molecular weight is 475 g/mol. The number of hydrogen-bond acceptors (Lipinski definition) is 6. The van der Waals surface area contributed by atoms with Gasteiger partial charge < -0.3 is 10.1 Å². The third-order valence-electron chi connectivity index (χ3n) is 6.00. The molecule has 1 amide bonds. The maximum atomic E-state index is 13.6.